The van der Waals surface area contributed by atoms with Crippen molar-refractivity contribution in [3.63, 3.8) is 0 Å². The van der Waals surface area contributed by atoms with Crippen LogP contribution >= 0.6 is 11.8 Å². The number of hydrogen-bond acceptors (Lipinski definition) is 5. The van der Waals surface area contributed by atoms with E-state index in [1.807, 2.05) is 13.0 Å². The van der Waals surface area contributed by atoms with E-state index in [1.54, 1.807) is 28.6 Å². The molecule has 0 radical (unpaired) electrons. The topological polar surface area (TPSA) is 95.6 Å². The first-order chi connectivity index (χ1) is 15.1. The average Bonchev–Trinajstić information content (AvgIpc) is 2.74. The first-order valence-corrected chi connectivity index (χ1v) is 13.0. The van der Waals surface area contributed by atoms with Crippen molar-refractivity contribution in [3.8, 4) is 0 Å². The Morgan fingerprint density at radius 3 is 2.38 bits per heavy atom. The lowest BCUT2D eigenvalue weighted by Crippen LogP contribution is -2.42. The molecule has 2 N–H and O–H groups in total. The molecule has 3 atom stereocenters. The average molecular weight is 474 g/mol. The molecule has 0 saturated carbocycles. The van der Waals surface area contributed by atoms with Crippen LogP contribution in [0, 0.1) is 11.8 Å². The number of carbonyl (C=O) groups is 2. The fraction of sp³-hybridized carbons (Fsp3) is 0.391. The summed E-state index contributed by atoms with van der Waals surface area (Å²) in [6.45, 7) is 7.03. The molecule has 2 heterocycles. The Morgan fingerprint density at radius 2 is 1.72 bits per heavy atom. The SMILES string of the molecule is CC1CC(C)CN(S(=O)(=O)c2ccc(NC(=O)c3ccc4c(c3)NC(=O)C(C)S4)cc2)C1. The monoisotopic (exact) mass is 473 g/mol. The number of sulfonamides is 1. The maximum atomic E-state index is 13.0. The van der Waals surface area contributed by atoms with Gasteiger partial charge in [0.2, 0.25) is 15.9 Å². The van der Waals surface area contributed by atoms with E-state index in [4.69, 9.17) is 0 Å². The molecule has 2 aliphatic heterocycles. The molecular formula is C23H27N3O4S2. The van der Waals surface area contributed by atoms with E-state index < -0.39 is 10.0 Å². The van der Waals surface area contributed by atoms with Crippen molar-refractivity contribution in [2.75, 3.05) is 23.7 Å². The number of anilines is 2. The summed E-state index contributed by atoms with van der Waals surface area (Å²) in [4.78, 5) is 25.7. The van der Waals surface area contributed by atoms with Crippen LogP contribution in [0.3, 0.4) is 0 Å². The third kappa shape index (κ3) is 4.69. The van der Waals surface area contributed by atoms with Crippen molar-refractivity contribution in [1.82, 2.24) is 4.31 Å². The highest BCUT2D eigenvalue weighted by molar-refractivity contribution is 8.01. The highest BCUT2D eigenvalue weighted by Gasteiger charge is 2.31. The van der Waals surface area contributed by atoms with E-state index in [0.29, 0.717) is 41.9 Å². The van der Waals surface area contributed by atoms with Crippen LogP contribution in [0.1, 0.15) is 37.6 Å². The first kappa shape index (κ1) is 22.8. The summed E-state index contributed by atoms with van der Waals surface area (Å²) in [6, 6.07) is 11.4. The van der Waals surface area contributed by atoms with Gasteiger partial charge in [-0.1, -0.05) is 13.8 Å². The molecule has 2 amide bonds. The zero-order valence-corrected chi connectivity index (χ0v) is 19.9. The summed E-state index contributed by atoms with van der Waals surface area (Å²) in [5, 5.41) is 5.44. The fourth-order valence-electron chi connectivity index (χ4n) is 4.21. The molecule has 3 unspecified atom stereocenters. The molecule has 0 aliphatic carbocycles. The number of hydrogen-bond donors (Lipinski definition) is 2. The molecule has 0 bridgehead atoms. The van der Waals surface area contributed by atoms with Crippen LogP contribution < -0.4 is 10.6 Å². The second-order valence-electron chi connectivity index (χ2n) is 8.71. The molecule has 0 spiro atoms. The fourth-order valence-corrected chi connectivity index (χ4v) is 6.82. The lowest BCUT2D eigenvalue weighted by Gasteiger charge is -2.34. The normalized spacial score (nSPS) is 23.8. The lowest BCUT2D eigenvalue weighted by atomic mass is 9.94. The smallest absolute Gasteiger partial charge is 0.255 e. The molecule has 4 rings (SSSR count). The van der Waals surface area contributed by atoms with Crippen LogP contribution in [0.25, 0.3) is 0 Å². The number of rotatable bonds is 4. The third-order valence-corrected chi connectivity index (χ3v) is 8.78. The first-order valence-electron chi connectivity index (χ1n) is 10.7. The summed E-state index contributed by atoms with van der Waals surface area (Å²) in [7, 11) is -3.57. The number of fused-ring (bicyclic) bond motifs is 1. The molecular weight excluding hydrogens is 446 g/mol. The van der Waals surface area contributed by atoms with Crippen molar-refractivity contribution < 1.29 is 18.0 Å². The van der Waals surface area contributed by atoms with Gasteiger partial charge in [-0.2, -0.15) is 4.31 Å². The Labute approximate surface area is 193 Å². The van der Waals surface area contributed by atoms with Crippen molar-refractivity contribution >= 4 is 45.0 Å². The molecule has 1 fully saturated rings. The van der Waals surface area contributed by atoms with Gasteiger partial charge in [0.05, 0.1) is 15.8 Å². The van der Waals surface area contributed by atoms with Crippen LogP contribution in [-0.4, -0.2) is 42.9 Å². The van der Waals surface area contributed by atoms with Crippen molar-refractivity contribution in [1.29, 1.82) is 0 Å². The van der Waals surface area contributed by atoms with Crippen LogP contribution in [0.4, 0.5) is 11.4 Å². The lowest BCUT2D eigenvalue weighted by molar-refractivity contribution is -0.115. The van der Waals surface area contributed by atoms with Gasteiger partial charge in [-0.25, -0.2) is 8.42 Å². The van der Waals surface area contributed by atoms with E-state index in [0.717, 1.165) is 11.3 Å². The standard InChI is InChI=1S/C23H27N3O4S2/c1-14-10-15(2)13-26(12-14)32(29,30)19-7-5-18(6-8-19)24-23(28)17-4-9-21-20(11-17)25-22(27)16(3)31-21/h4-9,11,14-16H,10,12-13H2,1-3H3,(H,24,28)(H,25,27). The van der Waals surface area contributed by atoms with Gasteiger partial charge in [0, 0.05) is 29.2 Å². The largest absolute Gasteiger partial charge is 0.324 e. The Bertz CT molecular complexity index is 1140. The van der Waals surface area contributed by atoms with Crippen LogP contribution in [0.15, 0.2) is 52.3 Å². The minimum absolute atomic E-state index is 0.0886. The zero-order chi connectivity index (χ0) is 23.0. The van der Waals surface area contributed by atoms with Gasteiger partial charge in [-0.3, -0.25) is 9.59 Å². The molecule has 2 aromatic carbocycles. The Morgan fingerprint density at radius 1 is 1.06 bits per heavy atom. The van der Waals surface area contributed by atoms with Crippen LogP contribution in [-0.2, 0) is 14.8 Å². The molecule has 170 valence electrons. The third-order valence-electron chi connectivity index (χ3n) is 5.76. The molecule has 2 aliphatic rings. The number of piperidine rings is 1. The Hall–Kier alpha value is -2.36. The summed E-state index contributed by atoms with van der Waals surface area (Å²) < 4.78 is 27.6. The molecule has 0 aromatic heterocycles. The van der Waals surface area contributed by atoms with E-state index in [2.05, 4.69) is 24.5 Å². The summed E-state index contributed by atoms with van der Waals surface area (Å²) >= 11 is 1.46. The molecule has 2 aromatic rings. The van der Waals surface area contributed by atoms with Crippen molar-refractivity contribution in [2.45, 2.75) is 42.2 Å². The van der Waals surface area contributed by atoms with E-state index >= 15 is 0 Å². The van der Waals surface area contributed by atoms with Gasteiger partial charge in [-0.15, -0.1) is 11.8 Å². The van der Waals surface area contributed by atoms with Gasteiger partial charge < -0.3 is 10.6 Å². The van der Waals surface area contributed by atoms with Crippen LogP contribution in [0.2, 0.25) is 0 Å². The maximum Gasteiger partial charge on any atom is 0.255 e. The van der Waals surface area contributed by atoms with Crippen LogP contribution in [0.5, 0.6) is 0 Å². The van der Waals surface area contributed by atoms with Gasteiger partial charge >= 0.3 is 0 Å². The van der Waals surface area contributed by atoms with Gasteiger partial charge in [-0.05, 0) is 67.6 Å². The van der Waals surface area contributed by atoms with E-state index in [-0.39, 0.29) is 22.0 Å². The summed E-state index contributed by atoms with van der Waals surface area (Å²) in [6.07, 6.45) is 1.03. The molecule has 32 heavy (non-hydrogen) atoms. The molecule has 9 heteroatoms. The highest BCUT2D eigenvalue weighted by Crippen LogP contribution is 2.36. The number of thioether (sulfide) groups is 1. The number of benzene rings is 2. The van der Waals surface area contributed by atoms with Gasteiger partial charge in [0.25, 0.3) is 5.91 Å². The van der Waals surface area contributed by atoms with Gasteiger partial charge in [0.1, 0.15) is 0 Å². The van der Waals surface area contributed by atoms with Gasteiger partial charge in [0.15, 0.2) is 0 Å². The summed E-state index contributed by atoms with van der Waals surface area (Å²) in [5.41, 5.74) is 1.53. The molecule has 7 nitrogen and oxygen atoms in total. The second kappa shape index (κ2) is 8.88. The Balaban J connectivity index is 1.46. The Kier molecular flexibility index (Phi) is 6.33. The zero-order valence-electron chi connectivity index (χ0n) is 18.3. The highest BCUT2D eigenvalue weighted by atomic mass is 32.2. The number of nitrogens with one attached hydrogen (secondary N) is 2. The molecule has 1 saturated heterocycles. The minimum Gasteiger partial charge on any atom is -0.324 e. The quantitative estimate of drug-likeness (QED) is 0.699. The maximum absolute atomic E-state index is 13.0. The number of nitrogens with zero attached hydrogens (tertiary/aromatic N) is 1. The number of amides is 2. The minimum atomic E-state index is -3.57. The van der Waals surface area contributed by atoms with Crippen molar-refractivity contribution in [3.05, 3.63) is 48.0 Å². The predicted molar refractivity (Wildman–Crippen MR) is 126 cm³/mol. The number of carbonyl (C=O) groups excluding carboxylic acids is 2. The summed E-state index contributed by atoms with van der Waals surface area (Å²) in [5.74, 6) is 0.236. The predicted octanol–water partition coefficient (Wildman–Crippen LogP) is 4.04. The van der Waals surface area contributed by atoms with E-state index in [1.165, 1.54) is 23.9 Å². The van der Waals surface area contributed by atoms with Crippen molar-refractivity contribution in [2.24, 2.45) is 11.8 Å². The van der Waals surface area contributed by atoms with E-state index in [9.17, 15) is 18.0 Å². The second-order valence-corrected chi connectivity index (χ2v) is 12.0.